The molecule has 2 aromatic rings. The minimum absolute atomic E-state index is 0.0511. The van der Waals surface area contributed by atoms with E-state index in [1.54, 1.807) is 7.05 Å². The maximum Gasteiger partial charge on any atom is 0.228 e. The number of halogens is 2. The van der Waals surface area contributed by atoms with Gasteiger partial charge in [0.25, 0.3) is 0 Å². The molecule has 2 heterocycles. The minimum atomic E-state index is -0.968. The van der Waals surface area contributed by atoms with E-state index in [4.69, 9.17) is 0 Å². The van der Waals surface area contributed by atoms with Crippen molar-refractivity contribution in [3.05, 3.63) is 41.7 Å². The monoisotopic (exact) mass is 349 g/mol. The Morgan fingerprint density at radius 2 is 2.20 bits per heavy atom. The zero-order chi connectivity index (χ0) is 18.0. The fourth-order valence-electron chi connectivity index (χ4n) is 2.88. The number of carbonyl (C=O) groups is 2. The van der Waals surface area contributed by atoms with Gasteiger partial charge in [0.05, 0.1) is 0 Å². The van der Waals surface area contributed by atoms with Crippen LogP contribution in [-0.4, -0.2) is 37.5 Å². The van der Waals surface area contributed by atoms with Crippen molar-refractivity contribution in [3.63, 3.8) is 0 Å². The molecule has 2 amide bonds. The summed E-state index contributed by atoms with van der Waals surface area (Å²) in [5.74, 6) is -2.12. The third-order valence-corrected chi connectivity index (χ3v) is 4.21. The van der Waals surface area contributed by atoms with Gasteiger partial charge in [0.15, 0.2) is 11.6 Å². The van der Waals surface area contributed by atoms with Crippen molar-refractivity contribution >= 4 is 17.8 Å². The summed E-state index contributed by atoms with van der Waals surface area (Å²) in [5, 5.41) is 6.47. The molecule has 1 aliphatic heterocycles. The summed E-state index contributed by atoms with van der Waals surface area (Å²) in [6, 6.07) is 3.48. The Labute approximate surface area is 142 Å². The van der Waals surface area contributed by atoms with Gasteiger partial charge in [0, 0.05) is 38.0 Å². The van der Waals surface area contributed by atoms with Crippen molar-refractivity contribution in [2.75, 3.05) is 5.32 Å². The maximum absolute atomic E-state index is 13.9. The van der Waals surface area contributed by atoms with E-state index in [0.717, 1.165) is 6.07 Å². The molecule has 0 saturated carbocycles. The lowest BCUT2D eigenvalue weighted by Gasteiger charge is -2.24. The third kappa shape index (κ3) is 3.65. The van der Waals surface area contributed by atoms with Crippen LogP contribution in [0.15, 0.2) is 24.5 Å². The van der Waals surface area contributed by atoms with Crippen molar-refractivity contribution in [1.82, 2.24) is 19.7 Å². The van der Waals surface area contributed by atoms with Crippen LogP contribution < -0.4 is 5.32 Å². The molecule has 25 heavy (non-hydrogen) atoms. The van der Waals surface area contributed by atoms with E-state index >= 15 is 0 Å². The molecule has 1 aliphatic rings. The average Bonchev–Trinajstić information content (AvgIpc) is 3.12. The van der Waals surface area contributed by atoms with E-state index in [9.17, 15) is 18.4 Å². The predicted octanol–water partition coefficient (Wildman–Crippen LogP) is 1.61. The molecular formula is C16H17F2N5O2. The first kappa shape index (κ1) is 17.0. The van der Waals surface area contributed by atoms with Gasteiger partial charge < -0.3 is 4.90 Å². The molecule has 7 nitrogen and oxygen atoms in total. The Balaban J connectivity index is 1.68. The highest BCUT2D eigenvalue weighted by Gasteiger charge is 2.33. The summed E-state index contributed by atoms with van der Waals surface area (Å²) in [7, 11) is 1.64. The Morgan fingerprint density at radius 1 is 1.40 bits per heavy atom. The van der Waals surface area contributed by atoms with Crippen LogP contribution >= 0.6 is 0 Å². The van der Waals surface area contributed by atoms with Gasteiger partial charge in [-0.25, -0.2) is 13.5 Å². The fraction of sp³-hybridized carbons (Fsp3) is 0.375. The normalized spacial score (nSPS) is 17.2. The minimum Gasteiger partial charge on any atom is -0.335 e. The lowest BCUT2D eigenvalue weighted by molar-refractivity contribution is -0.130. The summed E-state index contributed by atoms with van der Waals surface area (Å²) in [4.78, 5) is 29.6. The van der Waals surface area contributed by atoms with Crippen LogP contribution in [0.25, 0.3) is 0 Å². The zero-order valence-corrected chi connectivity index (χ0v) is 13.6. The Bertz CT molecular complexity index is 808. The standard InChI is InChI=1S/C16H17F2N5O2/c1-22-16(19-9-20-22)21-13(24)7-11-5-6-14(25)23(11)8-10-3-2-4-12(17)15(10)18/h2-4,9,11H,5-8H2,1H3,(H,19,20,21,24)/t11-/m1/s1. The maximum atomic E-state index is 13.9. The van der Waals surface area contributed by atoms with E-state index in [2.05, 4.69) is 15.4 Å². The van der Waals surface area contributed by atoms with Crippen molar-refractivity contribution in [1.29, 1.82) is 0 Å². The first-order chi connectivity index (χ1) is 12.0. The Hall–Kier alpha value is -2.84. The quantitative estimate of drug-likeness (QED) is 0.889. The molecule has 1 N–H and O–H groups in total. The number of hydrogen-bond donors (Lipinski definition) is 1. The van der Waals surface area contributed by atoms with Crippen LogP contribution in [0.4, 0.5) is 14.7 Å². The molecule has 9 heteroatoms. The highest BCUT2D eigenvalue weighted by atomic mass is 19.2. The zero-order valence-electron chi connectivity index (χ0n) is 13.6. The lowest BCUT2D eigenvalue weighted by atomic mass is 10.1. The summed E-state index contributed by atoms with van der Waals surface area (Å²) in [5.41, 5.74) is 0.0916. The van der Waals surface area contributed by atoms with E-state index in [0.29, 0.717) is 12.4 Å². The Kier molecular flexibility index (Phi) is 4.73. The van der Waals surface area contributed by atoms with Crippen molar-refractivity contribution < 1.29 is 18.4 Å². The van der Waals surface area contributed by atoms with Crippen LogP contribution in [0.1, 0.15) is 24.8 Å². The first-order valence-corrected chi connectivity index (χ1v) is 7.82. The van der Waals surface area contributed by atoms with Gasteiger partial charge in [-0.3, -0.25) is 14.9 Å². The molecule has 132 valence electrons. The predicted molar refractivity (Wildman–Crippen MR) is 84.2 cm³/mol. The summed E-state index contributed by atoms with van der Waals surface area (Å²) in [6.07, 6.45) is 2.13. The molecule has 0 bridgehead atoms. The number of carbonyl (C=O) groups excluding carboxylic acids is 2. The van der Waals surface area contributed by atoms with Crippen molar-refractivity contribution in [2.24, 2.45) is 7.05 Å². The Morgan fingerprint density at radius 3 is 2.92 bits per heavy atom. The van der Waals surface area contributed by atoms with E-state index in [1.807, 2.05) is 0 Å². The second-order valence-corrected chi connectivity index (χ2v) is 5.89. The number of nitrogens with zero attached hydrogens (tertiary/aromatic N) is 4. The van der Waals surface area contributed by atoms with Crippen molar-refractivity contribution in [3.8, 4) is 0 Å². The van der Waals surface area contributed by atoms with Gasteiger partial charge in [-0.05, 0) is 12.5 Å². The van der Waals surface area contributed by atoms with E-state index < -0.39 is 11.6 Å². The van der Waals surface area contributed by atoms with Crippen LogP contribution in [0.2, 0.25) is 0 Å². The number of anilines is 1. The highest BCUT2D eigenvalue weighted by Crippen LogP contribution is 2.25. The number of rotatable bonds is 5. The molecular weight excluding hydrogens is 332 g/mol. The lowest BCUT2D eigenvalue weighted by Crippen LogP contribution is -2.35. The molecule has 0 spiro atoms. The largest absolute Gasteiger partial charge is 0.335 e. The fourth-order valence-corrected chi connectivity index (χ4v) is 2.88. The van der Waals surface area contributed by atoms with Crippen LogP contribution in [-0.2, 0) is 23.2 Å². The smallest absolute Gasteiger partial charge is 0.228 e. The molecule has 1 atom stereocenters. The first-order valence-electron chi connectivity index (χ1n) is 7.82. The SMILES string of the molecule is Cn1ncnc1NC(=O)C[C@H]1CCC(=O)N1Cc1cccc(F)c1F. The van der Waals surface area contributed by atoms with Crippen LogP contribution in [0, 0.1) is 11.6 Å². The molecule has 3 rings (SSSR count). The van der Waals surface area contributed by atoms with Gasteiger partial charge in [0.2, 0.25) is 17.8 Å². The number of aromatic nitrogens is 3. The molecule has 0 unspecified atom stereocenters. The summed E-state index contributed by atoms with van der Waals surface area (Å²) < 4.78 is 28.6. The van der Waals surface area contributed by atoms with Gasteiger partial charge in [-0.1, -0.05) is 12.1 Å². The number of hydrogen-bond acceptors (Lipinski definition) is 4. The average molecular weight is 349 g/mol. The number of nitrogens with one attached hydrogen (secondary N) is 1. The second kappa shape index (κ2) is 6.96. The summed E-state index contributed by atoms with van der Waals surface area (Å²) >= 11 is 0. The van der Waals surface area contributed by atoms with Gasteiger partial charge in [-0.15, -0.1) is 0 Å². The van der Waals surface area contributed by atoms with Gasteiger partial charge in [0.1, 0.15) is 6.33 Å². The number of likely N-dealkylation sites (tertiary alicyclic amines) is 1. The number of benzene rings is 1. The highest BCUT2D eigenvalue weighted by molar-refractivity contribution is 5.90. The van der Waals surface area contributed by atoms with Crippen LogP contribution in [0.5, 0.6) is 0 Å². The summed E-state index contributed by atoms with van der Waals surface area (Å²) in [6.45, 7) is -0.0651. The van der Waals surface area contributed by atoms with Crippen LogP contribution in [0.3, 0.4) is 0 Å². The molecule has 0 aliphatic carbocycles. The molecule has 0 radical (unpaired) electrons. The number of aryl methyl sites for hydroxylation is 1. The molecule has 1 aromatic heterocycles. The topological polar surface area (TPSA) is 80.1 Å². The van der Waals surface area contributed by atoms with Gasteiger partial charge >= 0.3 is 0 Å². The number of amides is 2. The third-order valence-electron chi connectivity index (χ3n) is 4.21. The van der Waals surface area contributed by atoms with E-state index in [1.165, 1.54) is 28.0 Å². The molecule has 1 saturated heterocycles. The van der Waals surface area contributed by atoms with Gasteiger partial charge in [-0.2, -0.15) is 10.1 Å². The van der Waals surface area contributed by atoms with Crippen molar-refractivity contribution in [2.45, 2.75) is 31.8 Å². The second-order valence-electron chi connectivity index (χ2n) is 5.89. The molecule has 1 aromatic carbocycles. The molecule has 1 fully saturated rings. The van der Waals surface area contributed by atoms with E-state index in [-0.39, 0.29) is 42.8 Å².